The standard InChI is InChI=1S/C13H22N2/c1-2-4-12(14)6-3-5-11-7-9-13(15)10-8-11/h7-10,12H,2-6,14-15H2,1H3. The van der Waals surface area contributed by atoms with Gasteiger partial charge in [-0.15, -0.1) is 0 Å². The van der Waals surface area contributed by atoms with Gasteiger partial charge in [0, 0.05) is 11.7 Å². The van der Waals surface area contributed by atoms with Crippen molar-refractivity contribution in [1.29, 1.82) is 0 Å². The van der Waals surface area contributed by atoms with Gasteiger partial charge in [-0.1, -0.05) is 25.5 Å². The highest BCUT2D eigenvalue weighted by Crippen LogP contribution is 2.10. The van der Waals surface area contributed by atoms with Crippen LogP contribution in [0.25, 0.3) is 0 Å². The van der Waals surface area contributed by atoms with Crippen molar-refractivity contribution >= 4 is 5.69 Å². The van der Waals surface area contributed by atoms with Crippen LogP contribution in [0.1, 0.15) is 38.2 Å². The lowest BCUT2D eigenvalue weighted by molar-refractivity contribution is 0.539. The van der Waals surface area contributed by atoms with Crippen molar-refractivity contribution in [3.63, 3.8) is 0 Å². The average Bonchev–Trinajstić information content (AvgIpc) is 2.21. The normalized spacial score (nSPS) is 12.7. The Bertz CT molecular complexity index is 266. The molecule has 0 aliphatic carbocycles. The number of anilines is 1. The van der Waals surface area contributed by atoms with Crippen molar-refractivity contribution in [3.8, 4) is 0 Å². The highest BCUT2D eigenvalue weighted by molar-refractivity contribution is 5.39. The molecular formula is C13H22N2. The van der Waals surface area contributed by atoms with E-state index >= 15 is 0 Å². The summed E-state index contributed by atoms with van der Waals surface area (Å²) in [7, 11) is 0. The SMILES string of the molecule is CCCC(N)CCCc1ccc(N)cc1. The van der Waals surface area contributed by atoms with Gasteiger partial charge < -0.3 is 11.5 Å². The van der Waals surface area contributed by atoms with E-state index in [4.69, 9.17) is 11.5 Å². The van der Waals surface area contributed by atoms with Crippen LogP contribution in [-0.4, -0.2) is 6.04 Å². The Kier molecular flexibility index (Phi) is 5.19. The van der Waals surface area contributed by atoms with Gasteiger partial charge in [0.15, 0.2) is 0 Å². The molecule has 0 saturated carbocycles. The number of hydrogen-bond acceptors (Lipinski definition) is 2. The van der Waals surface area contributed by atoms with Crippen molar-refractivity contribution in [2.75, 3.05) is 5.73 Å². The van der Waals surface area contributed by atoms with E-state index in [1.165, 1.54) is 18.4 Å². The maximum atomic E-state index is 5.95. The van der Waals surface area contributed by atoms with Gasteiger partial charge in [0.25, 0.3) is 0 Å². The Morgan fingerprint density at radius 1 is 1.13 bits per heavy atom. The number of hydrogen-bond donors (Lipinski definition) is 2. The number of rotatable bonds is 6. The first-order chi connectivity index (χ1) is 7.22. The first kappa shape index (κ1) is 12.1. The van der Waals surface area contributed by atoms with Crippen molar-refractivity contribution in [3.05, 3.63) is 29.8 Å². The summed E-state index contributed by atoms with van der Waals surface area (Å²) < 4.78 is 0. The fourth-order valence-corrected chi connectivity index (χ4v) is 1.77. The molecular weight excluding hydrogens is 184 g/mol. The Labute approximate surface area is 92.7 Å². The summed E-state index contributed by atoms with van der Waals surface area (Å²) in [6.45, 7) is 2.18. The average molecular weight is 206 g/mol. The molecule has 2 nitrogen and oxygen atoms in total. The molecule has 1 rings (SSSR count). The predicted molar refractivity (Wildman–Crippen MR) is 66.7 cm³/mol. The Hall–Kier alpha value is -1.02. The Morgan fingerprint density at radius 3 is 2.40 bits per heavy atom. The molecule has 0 bridgehead atoms. The van der Waals surface area contributed by atoms with Crippen molar-refractivity contribution in [2.24, 2.45) is 5.73 Å². The summed E-state index contributed by atoms with van der Waals surface area (Å²) in [5.41, 5.74) is 13.8. The van der Waals surface area contributed by atoms with Crippen LogP contribution in [0.3, 0.4) is 0 Å². The van der Waals surface area contributed by atoms with Crippen molar-refractivity contribution < 1.29 is 0 Å². The largest absolute Gasteiger partial charge is 0.399 e. The fourth-order valence-electron chi connectivity index (χ4n) is 1.77. The second-order valence-corrected chi connectivity index (χ2v) is 4.18. The van der Waals surface area contributed by atoms with E-state index in [2.05, 4.69) is 19.1 Å². The van der Waals surface area contributed by atoms with Gasteiger partial charge >= 0.3 is 0 Å². The highest BCUT2D eigenvalue weighted by Gasteiger charge is 2.00. The Morgan fingerprint density at radius 2 is 1.80 bits per heavy atom. The van der Waals surface area contributed by atoms with Gasteiger partial charge in [0.1, 0.15) is 0 Å². The van der Waals surface area contributed by atoms with E-state index in [9.17, 15) is 0 Å². The van der Waals surface area contributed by atoms with E-state index < -0.39 is 0 Å². The first-order valence-electron chi connectivity index (χ1n) is 5.82. The molecule has 1 aromatic carbocycles. The lowest BCUT2D eigenvalue weighted by Crippen LogP contribution is -2.19. The molecule has 1 unspecified atom stereocenters. The summed E-state index contributed by atoms with van der Waals surface area (Å²) in [5, 5.41) is 0. The predicted octanol–water partition coefficient (Wildman–Crippen LogP) is 2.72. The monoisotopic (exact) mass is 206 g/mol. The number of nitrogen functional groups attached to an aromatic ring is 1. The van der Waals surface area contributed by atoms with Gasteiger partial charge in [0.05, 0.1) is 0 Å². The van der Waals surface area contributed by atoms with Crippen LogP contribution < -0.4 is 11.5 Å². The molecule has 0 aromatic heterocycles. The molecule has 0 aliphatic heterocycles. The van der Waals surface area contributed by atoms with Crippen LogP contribution in [0.5, 0.6) is 0 Å². The van der Waals surface area contributed by atoms with E-state index in [0.29, 0.717) is 6.04 Å². The van der Waals surface area contributed by atoms with Crippen LogP contribution in [0, 0.1) is 0 Å². The third kappa shape index (κ3) is 4.84. The molecule has 0 amide bonds. The van der Waals surface area contributed by atoms with Crippen LogP contribution in [0.4, 0.5) is 5.69 Å². The van der Waals surface area contributed by atoms with Crippen LogP contribution in [0.2, 0.25) is 0 Å². The lowest BCUT2D eigenvalue weighted by Gasteiger charge is -2.09. The van der Waals surface area contributed by atoms with Crippen LogP contribution >= 0.6 is 0 Å². The van der Waals surface area contributed by atoms with Crippen LogP contribution in [0.15, 0.2) is 24.3 Å². The number of aryl methyl sites for hydroxylation is 1. The first-order valence-corrected chi connectivity index (χ1v) is 5.82. The van der Waals surface area contributed by atoms with Gasteiger partial charge in [-0.2, -0.15) is 0 Å². The highest BCUT2D eigenvalue weighted by atomic mass is 14.6. The molecule has 1 atom stereocenters. The lowest BCUT2D eigenvalue weighted by atomic mass is 10.0. The molecule has 84 valence electrons. The summed E-state index contributed by atoms with van der Waals surface area (Å²) in [5.74, 6) is 0. The number of nitrogens with two attached hydrogens (primary N) is 2. The smallest absolute Gasteiger partial charge is 0.0314 e. The second kappa shape index (κ2) is 6.46. The van der Waals surface area contributed by atoms with Gasteiger partial charge in [-0.25, -0.2) is 0 Å². The minimum absolute atomic E-state index is 0.379. The van der Waals surface area contributed by atoms with Crippen molar-refractivity contribution in [2.45, 2.75) is 45.1 Å². The minimum atomic E-state index is 0.379. The van der Waals surface area contributed by atoms with E-state index in [0.717, 1.165) is 24.9 Å². The minimum Gasteiger partial charge on any atom is -0.399 e. The molecule has 0 heterocycles. The summed E-state index contributed by atoms with van der Waals surface area (Å²) >= 11 is 0. The quantitative estimate of drug-likeness (QED) is 0.703. The maximum Gasteiger partial charge on any atom is 0.0314 e. The van der Waals surface area contributed by atoms with E-state index in [-0.39, 0.29) is 0 Å². The molecule has 0 radical (unpaired) electrons. The molecule has 0 saturated heterocycles. The zero-order chi connectivity index (χ0) is 11.1. The summed E-state index contributed by atoms with van der Waals surface area (Å²) in [4.78, 5) is 0. The number of benzene rings is 1. The topological polar surface area (TPSA) is 52.0 Å². The molecule has 0 spiro atoms. The van der Waals surface area contributed by atoms with Gasteiger partial charge in [-0.05, 0) is 43.4 Å². The van der Waals surface area contributed by atoms with Gasteiger partial charge in [0.2, 0.25) is 0 Å². The van der Waals surface area contributed by atoms with E-state index in [1.807, 2.05) is 12.1 Å². The molecule has 0 fully saturated rings. The summed E-state index contributed by atoms with van der Waals surface area (Å²) in [6.07, 6.45) is 5.73. The van der Waals surface area contributed by atoms with E-state index in [1.54, 1.807) is 0 Å². The molecule has 0 aliphatic rings. The third-order valence-electron chi connectivity index (χ3n) is 2.68. The zero-order valence-corrected chi connectivity index (χ0v) is 9.58. The third-order valence-corrected chi connectivity index (χ3v) is 2.68. The fraction of sp³-hybridized carbons (Fsp3) is 0.538. The molecule has 15 heavy (non-hydrogen) atoms. The molecule has 1 aromatic rings. The summed E-state index contributed by atoms with van der Waals surface area (Å²) in [6, 6.07) is 8.49. The van der Waals surface area contributed by atoms with Crippen LogP contribution in [-0.2, 0) is 6.42 Å². The van der Waals surface area contributed by atoms with Crippen molar-refractivity contribution in [1.82, 2.24) is 0 Å². The second-order valence-electron chi connectivity index (χ2n) is 4.18. The maximum absolute atomic E-state index is 5.95. The molecule has 2 heteroatoms. The zero-order valence-electron chi connectivity index (χ0n) is 9.58. The molecule has 4 N–H and O–H groups in total. The van der Waals surface area contributed by atoms with Gasteiger partial charge in [-0.3, -0.25) is 0 Å². The Balaban J connectivity index is 2.22.